The Labute approximate surface area is 61.7 Å². The third-order valence-corrected chi connectivity index (χ3v) is 2.03. The molecule has 0 bridgehead atoms. The van der Waals surface area contributed by atoms with Gasteiger partial charge in [0, 0.05) is 25.5 Å². The molecule has 0 saturated carbocycles. The Balaban J connectivity index is 3.20. The molecule has 1 rings (SSSR count). The molecule has 1 heterocycles. The van der Waals surface area contributed by atoms with Gasteiger partial charge in [-0.15, -0.1) is 0 Å². The Morgan fingerprint density at radius 2 is 2.10 bits per heavy atom. The van der Waals surface area contributed by atoms with Crippen LogP contribution in [0.4, 0.5) is 0 Å². The summed E-state index contributed by atoms with van der Waals surface area (Å²) in [7, 11) is 2.03. The van der Waals surface area contributed by atoms with E-state index in [0.717, 1.165) is 0 Å². The lowest BCUT2D eigenvalue weighted by Gasteiger charge is -1.99. The van der Waals surface area contributed by atoms with Crippen LogP contribution in [0.25, 0.3) is 0 Å². The summed E-state index contributed by atoms with van der Waals surface area (Å²) >= 11 is 0. The topological polar surface area (TPSA) is 30.9 Å². The van der Waals surface area contributed by atoms with Crippen molar-refractivity contribution >= 4 is 0 Å². The van der Waals surface area contributed by atoms with E-state index in [2.05, 4.69) is 24.6 Å². The zero-order valence-corrected chi connectivity index (χ0v) is 6.81. The fraction of sp³-hybridized carbons (Fsp3) is 0.500. The van der Waals surface area contributed by atoms with Gasteiger partial charge >= 0.3 is 0 Å². The molecule has 0 aromatic carbocycles. The van der Waals surface area contributed by atoms with E-state index >= 15 is 0 Å². The van der Waals surface area contributed by atoms with Gasteiger partial charge < -0.3 is 10.3 Å². The minimum absolute atomic E-state index is 0.635. The summed E-state index contributed by atoms with van der Waals surface area (Å²) in [6, 6.07) is 0. The van der Waals surface area contributed by atoms with Crippen molar-refractivity contribution < 1.29 is 0 Å². The van der Waals surface area contributed by atoms with Crippen molar-refractivity contribution in [3.05, 3.63) is 23.0 Å². The average Bonchev–Trinajstić information content (AvgIpc) is 2.09. The van der Waals surface area contributed by atoms with Gasteiger partial charge in [0.05, 0.1) is 0 Å². The molecule has 1 aromatic rings. The molecule has 0 amide bonds. The number of hydrogen-bond acceptors (Lipinski definition) is 1. The van der Waals surface area contributed by atoms with Crippen LogP contribution >= 0.6 is 0 Å². The number of nitrogens with zero attached hydrogens (tertiary/aromatic N) is 1. The van der Waals surface area contributed by atoms with Crippen LogP contribution in [0.2, 0.25) is 0 Å². The number of hydrogen-bond donors (Lipinski definition) is 1. The third kappa shape index (κ3) is 0.948. The minimum Gasteiger partial charge on any atom is -0.353 e. The van der Waals surface area contributed by atoms with E-state index in [1.54, 1.807) is 0 Å². The smallest absolute Gasteiger partial charge is 0.0341 e. The molecule has 0 unspecified atom stereocenters. The molecule has 2 nitrogen and oxygen atoms in total. The van der Waals surface area contributed by atoms with Crippen LogP contribution in [-0.2, 0) is 13.6 Å². The lowest BCUT2D eigenvalue weighted by molar-refractivity contribution is 0.817. The predicted octanol–water partition coefficient (Wildman–Crippen LogP) is 1.10. The highest BCUT2D eigenvalue weighted by molar-refractivity contribution is 5.29. The summed E-state index contributed by atoms with van der Waals surface area (Å²) in [5.74, 6) is 0. The molecule has 0 aliphatic heterocycles. The van der Waals surface area contributed by atoms with Gasteiger partial charge in [0.2, 0.25) is 0 Å². The van der Waals surface area contributed by atoms with E-state index in [-0.39, 0.29) is 0 Å². The van der Waals surface area contributed by atoms with Gasteiger partial charge in [0.15, 0.2) is 0 Å². The summed E-state index contributed by atoms with van der Waals surface area (Å²) in [5, 5.41) is 0. The van der Waals surface area contributed by atoms with Crippen LogP contribution in [0.5, 0.6) is 0 Å². The van der Waals surface area contributed by atoms with Crippen LogP contribution in [0, 0.1) is 13.8 Å². The molecule has 2 heteroatoms. The molecule has 1 aromatic heterocycles. The van der Waals surface area contributed by atoms with E-state index in [1.165, 1.54) is 16.8 Å². The molecule has 0 aliphatic carbocycles. The lowest BCUT2D eigenvalue weighted by atomic mass is 10.2. The molecule has 0 spiro atoms. The molecule has 0 aliphatic rings. The summed E-state index contributed by atoms with van der Waals surface area (Å²) < 4.78 is 2.09. The Kier molecular flexibility index (Phi) is 1.81. The molecule has 2 N–H and O–H groups in total. The Morgan fingerprint density at radius 3 is 2.30 bits per heavy atom. The Morgan fingerprint density at radius 1 is 1.50 bits per heavy atom. The largest absolute Gasteiger partial charge is 0.353 e. The standard InChI is InChI=1S/C8H14N2/c1-6-5-10(3)8(4-9)7(6)2/h5H,4,9H2,1-3H3. The second-order valence-electron chi connectivity index (χ2n) is 2.70. The fourth-order valence-corrected chi connectivity index (χ4v) is 1.25. The van der Waals surface area contributed by atoms with Crippen LogP contribution in [-0.4, -0.2) is 4.57 Å². The first-order valence-electron chi connectivity index (χ1n) is 3.48. The number of rotatable bonds is 1. The van der Waals surface area contributed by atoms with E-state index in [1.807, 2.05) is 7.05 Å². The highest BCUT2D eigenvalue weighted by Crippen LogP contribution is 2.12. The van der Waals surface area contributed by atoms with E-state index in [4.69, 9.17) is 5.73 Å². The van der Waals surface area contributed by atoms with Crippen molar-refractivity contribution in [1.82, 2.24) is 4.57 Å². The fourth-order valence-electron chi connectivity index (χ4n) is 1.25. The summed E-state index contributed by atoms with van der Waals surface area (Å²) in [6.07, 6.45) is 2.11. The van der Waals surface area contributed by atoms with Crippen molar-refractivity contribution in [3.8, 4) is 0 Å². The van der Waals surface area contributed by atoms with E-state index in [0.29, 0.717) is 6.54 Å². The monoisotopic (exact) mass is 138 g/mol. The van der Waals surface area contributed by atoms with Gasteiger partial charge in [-0.25, -0.2) is 0 Å². The lowest BCUT2D eigenvalue weighted by Crippen LogP contribution is -2.03. The predicted molar refractivity (Wildman–Crippen MR) is 42.8 cm³/mol. The number of nitrogens with two attached hydrogens (primary N) is 1. The highest BCUT2D eigenvalue weighted by Gasteiger charge is 2.03. The van der Waals surface area contributed by atoms with Gasteiger partial charge in [0.25, 0.3) is 0 Å². The molecule has 0 saturated heterocycles. The summed E-state index contributed by atoms with van der Waals surface area (Å²) in [5.41, 5.74) is 9.42. The molecule has 56 valence electrons. The van der Waals surface area contributed by atoms with Crippen molar-refractivity contribution in [2.24, 2.45) is 12.8 Å². The van der Waals surface area contributed by atoms with Crippen LogP contribution in [0.3, 0.4) is 0 Å². The quantitative estimate of drug-likeness (QED) is 0.619. The zero-order valence-electron chi connectivity index (χ0n) is 6.81. The normalized spacial score (nSPS) is 10.4. The zero-order chi connectivity index (χ0) is 7.72. The maximum Gasteiger partial charge on any atom is 0.0341 e. The highest BCUT2D eigenvalue weighted by atomic mass is 14.9. The van der Waals surface area contributed by atoms with Gasteiger partial charge in [-0.1, -0.05) is 0 Å². The maximum atomic E-state index is 5.54. The van der Waals surface area contributed by atoms with Gasteiger partial charge in [-0.2, -0.15) is 0 Å². The second-order valence-corrected chi connectivity index (χ2v) is 2.70. The van der Waals surface area contributed by atoms with Gasteiger partial charge in [0.1, 0.15) is 0 Å². The van der Waals surface area contributed by atoms with Crippen molar-refractivity contribution in [2.75, 3.05) is 0 Å². The van der Waals surface area contributed by atoms with Crippen molar-refractivity contribution in [2.45, 2.75) is 20.4 Å². The summed E-state index contributed by atoms with van der Waals surface area (Å²) in [6.45, 7) is 4.85. The van der Waals surface area contributed by atoms with Crippen molar-refractivity contribution in [1.29, 1.82) is 0 Å². The van der Waals surface area contributed by atoms with Crippen LogP contribution in [0.15, 0.2) is 6.20 Å². The molecular weight excluding hydrogens is 124 g/mol. The SMILES string of the molecule is Cc1cn(C)c(CN)c1C. The first kappa shape index (κ1) is 7.35. The Bertz CT molecular complexity index is 236. The van der Waals surface area contributed by atoms with Crippen molar-refractivity contribution in [3.63, 3.8) is 0 Å². The van der Waals surface area contributed by atoms with Crippen LogP contribution in [0.1, 0.15) is 16.8 Å². The second kappa shape index (κ2) is 2.46. The Hall–Kier alpha value is -0.760. The first-order chi connectivity index (χ1) is 4.66. The summed E-state index contributed by atoms with van der Waals surface area (Å²) in [4.78, 5) is 0. The molecule has 0 fully saturated rings. The van der Waals surface area contributed by atoms with Crippen LogP contribution < -0.4 is 5.73 Å². The van der Waals surface area contributed by atoms with E-state index in [9.17, 15) is 0 Å². The molecule has 10 heavy (non-hydrogen) atoms. The average molecular weight is 138 g/mol. The maximum absolute atomic E-state index is 5.54. The third-order valence-electron chi connectivity index (χ3n) is 2.03. The molecule has 0 radical (unpaired) electrons. The number of aromatic nitrogens is 1. The molecular formula is C8H14N2. The number of aryl methyl sites for hydroxylation is 2. The molecule has 0 atom stereocenters. The minimum atomic E-state index is 0.635. The van der Waals surface area contributed by atoms with Gasteiger partial charge in [-0.05, 0) is 25.0 Å². The first-order valence-corrected chi connectivity index (χ1v) is 3.48. The van der Waals surface area contributed by atoms with Gasteiger partial charge in [-0.3, -0.25) is 0 Å². The van der Waals surface area contributed by atoms with E-state index < -0.39 is 0 Å².